The minimum absolute atomic E-state index is 0.217. The molecular weight excluding hydrogens is 553 g/mol. The molecule has 2 atom stereocenters. The zero-order valence-electron chi connectivity index (χ0n) is 18.3. The van der Waals surface area contributed by atoms with Crippen LogP contribution in [0.2, 0.25) is 0 Å². The predicted octanol–water partition coefficient (Wildman–Crippen LogP) is 5.95. The van der Waals surface area contributed by atoms with Crippen LogP contribution in [0, 0.1) is 0 Å². The lowest BCUT2D eigenvalue weighted by molar-refractivity contribution is 0.224. The predicted molar refractivity (Wildman–Crippen MR) is 163 cm³/mol. The van der Waals surface area contributed by atoms with Crippen LogP contribution in [0.4, 0.5) is 0 Å². The Kier molecular flexibility index (Phi) is 15.5. The van der Waals surface area contributed by atoms with Crippen molar-refractivity contribution in [1.29, 1.82) is 0 Å². The monoisotopic (exact) mass is 586 g/mol. The highest BCUT2D eigenvalue weighted by molar-refractivity contribution is 8.21. The molecule has 2 nitrogen and oxygen atoms in total. The van der Waals surface area contributed by atoms with E-state index >= 15 is 0 Å². The molecule has 0 radical (unpaired) electrons. The Balaban J connectivity index is 1.22. The third-order valence-electron chi connectivity index (χ3n) is 4.66. The highest BCUT2D eigenvalue weighted by atomic mass is 32.2. The summed E-state index contributed by atoms with van der Waals surface area (Å²) in [4.78, 5) is 0. The van der Waals surface area contributed by atoms with Gasteiger partial charge in [0.25, 0.3) is 0 Å². The van der Waals surface area contributed by atoms with Gasteiger partial charge < -0.3 is 10.2 Å². The Bertz CT molecular complexity index is 576. The van der Waals surface area contributed by atoms with E-state index in [1.807, 2.05) is 47.0 Å². The molecule has 0 amide bonds. The second kappa shape index (κ2) is 17.4. The third kappa shape index (κ3) is 12.3. The molecule has 2 saturated heterocycles. The van der Waals surface area contributed by atoms with E-state index in [9.17, 15) is 10.2 Å². The molecule has 2 unspecified atom stereocenters. The van der Waals surface area contributed by atoms with Crippen LogP contribution in [0.25, 0.3) is 0 Å². The van der Waals surface area contributed by atoms with Gasteiger partial charge in [-0.1, -0.05) is 24.3 Å². The fraction of sp³-hybridized carbons (Fsp3) is 0.727. The zero-order valence-corrected chi connectivity index (χ0v) is 24.8. The lowest BCUT2D eigenvalue weighted by atomic mass is 10.2. The lowest BCUT2D eigenvalue weighted by Crippen LogP contribution is -2.14. The molecule has 1 aromatic carbocycles. The van der Waals surface area contributed by atoms with Crippen molar-refractivity contribution >= 4 is 94.1 Å². The molecule has 0 saturated carbocycles. The quantitative estimate of drug-likeness (QED) is 0.243. The van der Waals surface area contributed by atoms with Gasteiger partial charge in [-0.05, 0) is 11.1 Å². The Morgan fingerprint density at radius 3 is 1.53 bits per heavy atom. The summed E-state index contributed by atoms with van der Waals surface area (Å²) < 4.78 is 1.46. The average Bonchev–Trinajstić information content (AvgIpc) is 3.49. The van der Waals surface area contributed by atoms with Crippen LogP contribution in [-0.2, 0) is 11.5 Å². The fourth-order valence-corrected chi connectivity index (χ4v) is 13.9. The highest BCUT2D eigenvalue weighted by Gasteiger charge is 2.17. The van der Waals surface area contributed by atoms with E-state index in [-0.39, 0.29) is 12.2 Å². The van der Waals surface area contributed by atoms with Gasteiger partial charge in [0.05, 0.1) is 21.4 Å². The molecule has 182 valence electrons. The van der Waals surface area contributed by atoms with Crippen LogP contribution < -0.4 is 0 Å². The normalized spacial score (nSPS) is 19.6. The van der Waals surface area contributed by atoms with Crippen LogP contribution >= 0.6 is 94.1 Å². The summed E-state index contributed by atoms with van der Waals surface area (Å²) in [5.74, 6) is 12.6. The topological polar surface area (TPSA) is 40.5 Å². The molecule has 2 heterocycles. The molecular formula is C22H34O2S8. The summed E-state index contributed by atoms with van der Waals surface area (Å²) in [6.45, 7) is 0. The number of thioether (sulfide) groups is 8. The van der Waals surface area contributed by atoms with Gasteiger partial charge in [-0.25, -0.2) is 0 Å². The fourth-order valence-electron chi connectivity index (χ4n) is 3.14. The summed E-state index contributed by atoms with van der Waals surface area (Å²) >= 11 is 15.7. The van der Waals surface area contributed by atoms with Crippen LogP contribution in [0.3, 0.4) is 0 Å². The van der Waals surface area contributed by atoms with Crippen molar-refractivity contribution in [3.8, 4) is 0 Å². The summed E-state index contributed by atoms with van der Waals surface area (Å²) in [6.07, 6.45) is -0.435. The van der Waals surface area contributed by atoms with Crippen LogP contribution in [0.15, 0.2) is 24.3 Å². The maximum atomic E-state index is 10.3. The largest absolute Gasteiger partial charge is 0.391 e. The minimum Gasteiger partial charge on any atom is -0.391 e. The van der Waals surface area contributed by atoms with Crippen molar-refractivity contribution in [2.45, 2.75) is 32.9 Å². The van der Waals surface area contributed by atoms with E-state index in [2.05, 4.69) is 71.3 Å². The Labute approximate surface area is 228 Å². The number of rotatable bonds is 16. The standard InChI is InChI=1S/C22H34O2S8/c23-19(13-27-15-21-29-4-5-30-21)11-25-9-17-2-1-3-18(8-17)10-26-12-20(24)14-28-16-22-31-6-7-32-22/h1-3,8,19-24H,4-7,9-16H2. The number of aliphatic hydroxyl groups is 2. The van der Waals surface area contributed by atoms with Crippen molar-refractivity contribution in [3.63, 3.8) is 0 Å². The molecule has 0 spiro atoms. The maximum absolute atomic E-state index is 10.3. The molecule has 0 aromatic heterocycles. The van der Waals surface area contributed by atoms with Gasteiger partial charge in [0.1, 0.15) is 0 Å². The molecule has 2 fully saturated rings. The molecule has 3 rings (SSSR count). The Morgan fingerprint density at radius 2 is 1.09 bits per heavy atom. The SMILES string of the molecule is OC(CSCc1cccc(CSCC(O)CSCC2SCCS2)c1)CSCC1SCCS1. The number of hydrogen-bond acceptors (Lipinski definition) is 10. The van der Waals surface area contributed by atoms with E-state index in [0.29, 0.717) is 0 Å². The first-order valence-electron chi connectivity index (χ1n) is 10.9. The minimum atomic E-state index is -0.217. The van der Waals surface area contributed by atoms with Gasteiger partial charge in [-0.2, -0.15) is 47.0 Å². The van der Waals surface area contributed by atoms with E-state index in [1.54, 1.807) is 0 Å². The van der Waals surface area contributed by atoms with E-state index < -0.39 is 0 Å². The highest BCUT2D eigenvalue weighted by Crippen LogP contribution is 2.35. The Hall–Kier alpha value is 1.94. The van der Waals surface area contributed by atoms with Crippen LogP contribution in [0.1, 0.15) is 11.1 Å². The summed E-state index contributed by atoms with van der Waals surface area (Å²) in [6, 6.07) is 8.78. The second-order valence-electron chi connectivity index (χ2n) is 7.58. The zero-order chi connectivity index (χ0) is 22.4. The average molecular weight is 587 g/mol. The Morgan fingerprint density at radius 1 is 0.688 bits per heavy atom. The van der Waals surface area contributed by atoms with Crippen molar-refractivity contribution in [2.24, 2.45) is 0 Å². The molecule has 1 aromatic rings. The van der Waals surface area contributed by atoms with Gasteiger partial charge in [0.2, 0.25) is 0 Å². The molecule has 32 heavy (non-hydrogen) atoms. The van der Waals surface area contributed by atoms with E-state index in [4.69, 9.17) is 0 Å². The summed E-state index contributed by atoms with van der Waals surface area (Å²) in [5.41, 5.74) is 2.66. The number of aliphatic hydroxyl groups excluding tert-OH is 2. The lowest BCUT2D eigenvalue weighted by Gasteiger charge is -2.13. The molecule has 0 aliphatic carbocycles. The van der Waals surface area contributed by atoms with E-state index in [1.165, 1.54) is 34.1 Å². The molecule has 2 N–H and O–H groups in total. The first kappa shape index (κ1) is 28.5. The van der Waals surface area contributed by atoms with Crippen molar-refractivity contribution in [2.75, 3.05) is 57.5 Å². The molecule has 2 aliphatic heterocycles. The van der Waals surface area contributed by atoms with Gasteiger partial charge in [-0.15, -0.1) is 47.0 Å². The first-order valence-corrected chi connectivity index (χ1v) is 19.7. The van der Waals surface area contributed by atoms with Crippen molar-refractivity contribution in [3.05, 3.63) is 35.4 Å². The van der Waals surface area contributed by atoms with Gasteiger partial charge in [0.15, 0.2) is 0 Å². The second-order valence-corrected chi connectivity index (χ2v) is 17.6. The first-order chi connectivity index (χ1) is 15.7. The number of hydrogen-bond donors (Lipinski definition) is 2. The smallest absolute Gasteiger partial charge is 0.0721 e. The third-order valence-corrected chi connectivity index (χ3v) is 16.3. The van der Waals surface area contributed by atoms with Crippen LogP contribution in [-0.4, -0.2) is 89.1 Å². The molecule has 0 bridgehead atoms. The maximum Gasteiger partial charge on any atom is 0.0721 e. The van der Waals surface area contributed by atoms with Gasteiger partial charge >= 0.3 is 0 Å². The molecule has 10 heteroatoms. The van der Waals surface area contributed by atoms with Gasteiger partial charge in [0, 0.05) is 69.0 Å². The van der Waals surface area contributed by atoms with Gasteiger partial charge in [-0.3, -0.25) is 0 Å². The molecule has 2 aliphatic rings. The van der Waals surface area contributed by atoms with Crippen molar-refractivity contribution < 1.29 is 10.2 Å². The van der Waals surface area contributed by atoms with Crippen molar-refractivity contribution in [1.82, 2.24) is 0 Å². The van der Waals surface area contributed by atoms with E-state index in [0.717, 1.165) is 55.2 Å². The summed E-state index contributed by atoms with van der Waals surface area (Å²) in [7, 11) is 0. The number of benzene rings is 1. The summed E-state index contributed by atoms with van der Waals surface area (Å²) in [5, 5.41) is 20.5. The van der Waals surface area contributed by atoms with Crippen LogP contribution in [0.5, 0.6) is 0 Å².